The van der Waals surface area contributed by atoms with Crippen LogP contribution in [0.25, 0.3) is 0 Å². The normalized spacial score (nSPS) is 17.9. The molecule has 1 atom stereocenters. The third kappa shape index (κ3) is 1.92. The molecule has 2 N–H and O–H groups in total. The average molecular weight is 223 g/mol. The van der Waals surface area contributed by atoms with Crippen LogP contribution in [0.3, 0.4) is 0 Å². The number of amidine groups is 1. The Hall–Kier alpha value is -2.13. The molecule has 1 fully saturated rings. The van der Waals surface area contributed by atoms with Crippen molar-refractivity contribution in [2.45, 2.75) is 6.17 Å². The summed E-state index contributed by atoms with van der Waals surface area (Å²) in [5.74, 6) is 0.513. The van der Waals surface area contributed by atoms with Gasteiger partial charge in [-0.25, -0.2) is 5.43 Å². The van der Waals surface area contributed by atoms with Crippen molar-refractivity contribution in [2.24, 2.45) is 0 Å². The molecule has 0 spiro atoms. The van der Waals surface area contributed by atoms with Crippen LogP contribution in [0.15, 0.2) is 60.7 Å². The zero-order valence-corrected chi connectivity index (χ0v) is 9.30. The SMILES string of the molecule is N=C(c1ccccc1)N1NC1c1ccccc1. The third-order valence-corrected chi connectivity index (χ3v) is 2.86. The van der Waals surface area contributed by atoms with Crippen LogP contribution in [0.2, 0.25) is 0 Å². The summed E-state index contributed by atoms with van der Waals surface area (Å²) in [6, 6.07) is 19.9. The van der Waals surface area contributed by atoms with Gasteiger partial charge in [-0.1, -0.05) is 60.7 Å². The Labute approximate surface area is 100 Å². The fraction of sp³-hybridized carbons (Fsp3) is 0.0714. The van der Waals surface area contributed by atoms with E-state index in [-0.39, 0.29) is 6.17 Å². The Morgan fingerprint density at radius 3 is 2.18 bits per heavy atom. The minimum atomic E-state index is 0.143. The molecule has 3 nitrogen and oxygen atoms in total. The van der Waals surface area contributed by atoms with Gasteiger partial charge in [-0.2, -0.15) is 0 Å². The molecule has 0 saturated carbocycles. The maximum Gasteiger partial charge on any atom is 0.144 e. The van der Waals surface area contributed by atoms with Crippen molar-refractivity contribution in [1.82, 2.24) is 10.4 Å². The number of hydrogen-bond acceptors (Lipinski definition) is 2. The lowest BCUT2D eigenvalue weighted by atomic mass is 10.2. The van der Waals surface area contributed by atoms with E-state index in [4.69, 9.17) is 5.41 Å². The minimum absolute atomic E-state index is 0.143. The quantitative estimate of drug-likeness (QED) is 0.467. The summed E-state index contributed by atoms with van der Waals surface area (Å²) in [7, 11) is 0. The molecule has 1 unspecified atom stereocenters. The maximum atomic E-state index is 8.09. The van der Waals surface area contributed by atoms with E-state index >= 15 is 0 Å². The molecular weight excluding hydrogens is 210 g/mol. The molecule has 0 aromatic heterocycles. The summed E-state index contributed by atoms with van der Waals surface area (Å²) in [5.41, 5.74) is 5.31. The van der Waals surface area contributed by atoms with Crippen molar-refractivity contribution in [3.8, 4) is 0 Å². The van der Waals surface area contributed by atoms with E-state index in [9.17, 15) is 0 Å². The van der Waals surface area contributed by atoms with Gasteiger partial charge in [-0.05, 0) is 5.56 Å². The van der Waals surface area contributed by atoms with Gasteiger partial charge in [0.25, 0.3) is 0 Å². The molecule has 0 amide bonds. The summed E-state index contributed by atoms with van der Waals surface area (Å²) in [6.07, 6.45) is 0.143. The first-order valence-corrected chi connectivity index (χ1v) is 5.60. The van der Waals surface area contributed by atoms with E-state index in [0.29, 0.717) is 5.84 Å². The molecule has 1 aliphatic heterocycles. The van der Waals surface area contributed by atoms with Crippen LogP contribution < -0.4 is 5.43 Å². The fourth-order valence-corrected chi connectivity index (χ4v) is 1.89. The van der Waals surface area contributed by atoms with Gasteiger partial charge in [0.1, 0.15) is 12.0 Å². The van der Waals surface area contributed by atoms with Crippen LogP contribution in [0.4, 0.5) is 0 Å². The molecule has 0 aliphatic carbocycles. The Bertz CT molecular complexity index is 522. The molecule has 3 rings (SSSR count). The van der Waals surface area contributed by atoms with Crippen LogP contribution in [0, 0.1) is 5.41 Å². The highest BCUT2D eigenvalue weighted by molar-refractivity contribution is 5.97. The number of rotatable bonds is 2. The second kappa shape index (κ2) is 4.03. The van der Waals surface area contributed by atoms with E-state index in [1.807, 2.05) is 53.5 Å². The molecule has 0 bridgehead atoms. The Morgan fingerprint density at radius 2 is 1.53 bits per heavy atom. The van der Waals surface area contributed by atoms with Gasteiger partial charge in [0.15, 0.2) is 0 Å². The van der Waals surface area contributed by atoms with Gasteiger partial charge in [-0.15, -0.1) is 0 Å². The number of benzene rings is 2. The smallest absolute Gasteiger partial charge is 0.144 e. The van der Waals surface area contributed by atoms with E-state index in [1.54, 1.807) is 0 Å². The second-order valence-electron chi connectivity index (χ2n) is 4.03. The summed E-state index contributed by atoms with van der Waals surface area (Å²) in [5, 5.41) is 9.96. The molecule has 2 aromatic carbocycles. The van der Waals surface area contributed by atoms with Crippen LogP contribution in [-0.2, 0) is 0 Å². The summed E-state index contributed by atoms with van der Waals surface area (Å²) in [4.78, 5) is 0. The van der Waals surface area contributed by atoms with Crippen LogP contribution >= 0.6 is 0 Å². The number of nitrogens with one attached hydrogen (secondary N) is 2. The number of nitrogens with zero attached hydrogens (tertiary/aromatic N) is 1. The van der Waals surface area contributed by atoms with Gasteiger partial charge < -0.3 is 0 Å². The lowest BCUT2D eigenvalue weighted by molar-refractivity contribution is 0.719. The highest BCUT2D eigenvalue weighted by Crippen LogP contribution is 2.29. The molecule has 17 heavy (non-hydrogen) atoms. The molecule has 0 radical (unpaired) electrons. The van der Waals surface area contributed by atoms with Gasteiger partial charge in [0.2, 0.25) is 0 Å². The number of hydrazine groups is 1. The van der Waals surface area contributed by atoms with Crippen LogP contribution in [0.1, 0.15) is 17.3 Å². The van der Waals surface area contributed by atoms with E-state index in [0.717, 1.165) is 5.56 Å². The predicted octanol–water partition coefficient (Wildman–Crippen LogP) is 2.53. The highest BCUT2D eigenvalue weighted by atomic mass is 15.8. The highest BCUT2D eigenvalue weighted by Gasteiger charge is 2.37. The maximum absolute atomic E-state index is 8.09. The molecule has 3 heteroatoms. The Balaban J connectivity index is 1.76. The second-order valence-corrected chi connectivity index (χ2v) is 4.03. The molecule has 1 aliphatic rings. The van der Waals surface area contributed by atoms with Crippen molar-refractivity contribution >= 4 is 5.84 Å². The van der Waals surface area contributed by atoms with Gasteiger partial charge >= 0.3 is 0 Å². The lowest BCUT2D eigenvalue weighted by Gasteiger charge is -2.04. The Kier molecular flexibility index (Phi) is 2.38. The van der Waals surface area contributed by atoms with E-state index in [2.05, 4.69) is 17.6 Å². The molecule has 1 saturated heterocycles. The molecule has 2 aromatic rings. The summed E-state index contributed by atoms with van der Waals surface area (Å²) in [6.45, 7) is 0. The van der Waals surface area contributed by atoms with Crippen molar-refractivity contribution in [3.05, 3.63) is 71.8 Å². The van der Waals surface area contributed by atoms with E-state index in [1.165, 1.54) is 5.56 Å². The Morgan fingerprint density at radius 1 is 0.941 bits per heavy atom. The zero-order valence-electron chi connectivity index (χ0n) is 9.30. The van der Waals surface area contributed by atoms with Gasteiger partial charge in [0.05, 0.1) is 0 Å². The number of hydrogen-bond donors (Lipinski definition) is 2. The largest absolute Gasteiger partial charge is 0.283 e. The minimum Gasteiger partial charge on any atom is -0.283 e. The van der Waals surface area contributed by atoms with Crippen LogP contribution in [0.5, 0.6) is 0 Å². The van der Waals surface area contributed by atoms with Crippen molar-refractivity contribution < 1.29 is 0 Å². The zero-order chi connectivity index (χ0) is 11.7. The first-order valence-electron chi connectivity index (χ1n) is 5.60. The van der Waals surface area contributed by atoms with Crippen molar-refractivity contribution in [1.29, 1.82) is 5.41 Å². The average Bonchev–Trinajstić information content (AvgIpc) is 3.20. The lowest BCUT2D eigenvalue weighted by Crippen LogP contribution is -2.13. The predicted molar refractivity (Wildman–Crippen MR) is 67.4 cm³/mol. The van der Waals surface area contributed by atoms with Crippen molar-refractivity contribution in [3.63, 3.8) is 0 Å². The van der Waals surface area contributed by atoms with Gasteiger partial charge in [0, 0.05) is 5.56 Å². The molecule has 1 heterocycles. The van der Waals surface area contributed by atoms with E-state index < -0.39 is 0 Å². The molecule has 84 valence electrons. The van der Waals surface area contributed by atoms with Crippen LogP contribution in [-0.4, -0.2) is 10.8 Å². The fourth-order valence-electron chi connectivity index (χ4n) is 1.89. The molecular formula is C14H13N3. The monoisotopic (exact) mass is 223 g/mol. The first kappa shape index (κ1) is 10.1. The summed E-state index contributed by atoms with van der Waals surface area (Å²) < 4.78 is 0. The third-order valence-electron chi connectivity index (χ3n) is 2.86. The first-order chi connectivity index (χ1) is 8.36. The van der Waals surface area contributed by atoms with Crippen molar-refractivity contribution in [2.75, 3.05) is 0 Å². The standard InChI is InChI=1S/C14H13N3/c15-13(11-7-3-1-4-8-11)17-14(16-17)12-9-5-2-6-10-12/h1-10,14-16H. The van der Waals surface area contributed by atoms with Gasteiger partial charge in [-0.3, -0.25) is 10.4 Å². The topological polar surface area (TPSA) is 48.8 Å². The summed E-state index contributed by atoms with van der Waals surface area (Å²) >= 11 is 0.